The molecule has 0 aliphatic carbocycles. The maximum absolute atomic E-state index is 8.84. The van der Waals surface area contributed by atoms with Crippen LogP contribution in [-0.4, -0.2) is 17.0 Å². The minimum atomic E-state index is -0.165. The first-order valence-corrected chi connectivity index (χ1v) is 5.13. The van der Waals surface area contributed by atoms with E-state index in [1.54, 1.807) is 18.2 Å². The predicted molar refractivity (Wildman–Crippen MR) is 68.1 cm³/mol. The maximum Gasteiger partial charge on any atom is 0.173 e. The molecule has 0 saturated carbocycles. The summed E-state index contributed by atoms with van der Waals surface area (Å²) in [6, 6.07) is 5.07. The van der Waals surface area contributed by atoms with E-state index in [-0.39, 0.29) is 12.4 Å². The van der Waals surface area contributed by atoms with E-state index < -0.39 is 0 Å². The molecule has 17 heavy (non-hydrogen) atoms. The van der Waals surface area contributed by atoms with Crippen LogP contribution >= 0.6 is 0 Å². The molecule has 0 bridgehead atoms. The van der Waals surface area contributed by atoms with Crippen molar-refractivity contribution >= 4 is 11.5 Å². The van der Waals surface area contributed by atoms with Crippen molar-refractivity contribution < 1.29 is 5.11 Å². The zero-order valence-electron chi connectivity index (χ0n) is 10.1. The normalized spacial score (nSPS) is 9.47. The monoisotopic (exact) mass is 237 g/mol. The number of aliphatic hydroxyl groups is 1. The van der Waals surface area contributed by atoms with E-state index in [0.717, 1.165) is 0 Å². The van der Waals surface area contributed by atoms with Gasteiger partial charge in [0.2, 0.25) is 0 Å². The second-order valence-corrected chi connectivity index (χ2v) is 3.83. The molecule has 0 atom stereocenters. The number of nitrogens with zero attached hydrogens (tertiary/aromatic N) is 1. The molecule has 0 saturated heterocycles. The van der Waals surface area contributed by atoms with Crippen LogP contribution in [0.25, 0.3) is 0 Å². The first-order chi connectivity index (χ1) is 7.90. The second-order valence-electron chi connectivity index (χ2n) is 3.83. The Labute approximate surface area is 101 Å². The number of rotatable bonds is 2. The second kappa shape index (κ2) is 7.48. The van der Waals surface area contributed by atoms with Crippen LogP contribution < -0.4 is 11.5 Å². The number of hydrogen-bond donors (Lipinski definition) is 5. The van der Waals surface area contributed by atoms with Crippen molar-refractivity contribution in [2.45, 2.75) is 26.5 Å². The van der Waals surface area contributed by atoms with Crippen molar-refractivity contribution in [1.29, 1.82) is 10.9 Å². The Hall–Kier alpha value is -1.79. The molecule has 0 aliphatic rings. The molecule has 0 spiro atoms. The molecule has 0 radical (unpaired) electrons. The van der Waals surface area contributed by atoms with Gasteiger partial charge in [-0.2, -0.15) is 0 Å². The molecule has 0 unspecified atom stereocenters. The number of nitrogens with one attached hydrogen (secondary N) is 2. The third-order valence-corrected chi connectivity index (χ3v) is 1.58. The molecule has 7 N–H and O–H groups in total. The lowest BCUT2D eigenvalue weighted by Crippen LogP contribution is -2.06. The van der Waals surface area contributed by atoms with Crippen LogP contribution in [0.4, 0.5) is 5.69 Å². The van der Waals surface area contributed by atoms with Crippen LogP contribution in [-0.2, 0) is 6.61 Å². The molecule has 94 valence electrons. The average Bonchev–Trinajstić information content (AvgIpc) is 2.26. The molecule has 1 aromatic carbocycles. The molecule has 6 heteroatoms. The largest absolute Gasteiger partial charge is 0.399 e. The summed E-state index contributed by atoms with van der Waals surface area (Å²) in [7, 11) is 0. The Morgan fingerprint density at radius 1 is 1.41 bits per heavy atom. The minimum Gasteiger partial charge on any atom is -0.399 e. The summed E-state index contributed by atoms with van der Waals surface area (Å²) in [5, 5.41) is 19.1. The number of nitrogens with two attached hydrogens (primary N) is 2. The van der Waals surface area contributed by atoms with Crippen LogP contribution in [0, 0.1) is 10.9 Å². The SMILES string of the molecule is CC(C)N.N=NC(=N)c1cc(N)cc(CO)c1. The topological polar surface area (TPSA) is 132 Å². The van der Waals surface area contributed by atoms with Gasteiger partial charge >= 0.3 is 0 Å². The molecular weight excluding hydrogens is 218 g/mol. The van der Waals surface area contributed by atoms with Gasteiger partial charge in [-0.25, -0.2) is 5.53 Å². The van der Waals surface area contributed by atoms with Gasteiger partial charge < -0.3 is 16.6 Å². The van der Waals surface area contributed by atoms with Gasteiger partial charge in [0, 0.05) is 11.3 Å². The predicted octanol–water partition coefficient (Wildman–Crippen LogP) is 1.47. The fourth-order valence-electron chi connectivity index (χ4n) is 1.01. The first-order valence-electron chi connectivity index (χ1n) is 5.13. The van der Waals surface area contributed by atoms with Gasteiger partial charge in [0.15, 0.2) is 5.84 Å². The Morgan fingerprint density at radius 3 is 2.35 bits per heavy atom. The van der Waals surface area contributed by atoms with E-state index in [4.69, 9.17) is 27.5 Å². The smallest absolute Gasteiger partial charge is 0.173 e. The quantitative estimate of drug-likeness (QED) is 0.231. The standard InChI is InChI=1S/C8H10N4O.C3H9N/c9-7-2-5(4-13)1-6(3-7)8(10)12-11;1-3(2)4/h1-3,10-11,13H,4,9H2;3H,4H2,1-2H3. The third-order valence-electron chi connectivity index (χ3n) is 1.58. The molecule has 0 amide bonds. The van der Waals surface area contributed by atoms with Gasteiger partial charge in [-0.15, -0.1) is 5.11 Å². The van der Waals surface area contributed by atoms with Crippen molar-refractivity contribution in [2.24, 2.45) is 10.8 Å². The summed E-state index contributed by atoms with van der Waals surface area (Å²) in [5.41, 5.74) is 18.8. The van der Waals surface area contributed by atoms with Crippen LogP contribution in [0.1, 0.15) is 25.0 Å². The number of benzene rings is 1. The van der Waals surface area contributed by atoms with Crippen molar-refractivity contribution in [3.8, 4) is 0 Å². The summed E-state index contributed by atoms with van der Waals surface area (Å²) in [6.07, 6.45) is 0. The number of aliphatic hydroxyl groups excluding tert-OH is 1. The number of hydrogen-bond acceptors (Lipinski definition) is 5. The highest BCUT2D eigenvalue weighted by Gasteiger charge is 2.02. The van der Waals surface area contributed by atoms with Crippen LogP contribution in [0.2, 0.25) is 0 Å². The van der Waals surface area contributed by atoms with Crippen molar-refractivity contribution in [3.63, 3.8) is 0 Å². The van der Waals surface area contributed by atoms with Crippen LogP contribution in [0.15, 0.2) is 23.3 Å². The van der Waals surface area contributed by atoms with E-state index in [1.165, 1.54) is 0 Å². The highest BCUT2D eigenvalue weighted by atomic mass is 16.3. The molecule has 0 fully saturated rings. The summed E-state index contributed by atoms with van der Waals surface area (Å²) >= 11 is 0. The summed E-state index contributed by atoms with van der Waals surface area (Å²) in [6.45, 7) is 3.75. The number of nitrogen functional groups attached to an aromatic ring is 1. The van der Waals surface area contributed by atoms with Gasteiger partial charge in [-0.1, -0.05) is 13.8 Å². The summed E-state index contributed by atoms with van der Waals surface area (Å²) in [4.78, 5) is 0. The zero-order chi connectivity index (χ0) is 13.4. The van der Waals surface area contributed by atoms with Crippen LogP contribution in [0.3, 0.4) is 0 Å². The Kier molecular flexibility index (Phi) is 6.69. The third kappa shape index (κ3) is 6.39. The van der Waals surface area contributed by atoms with Gasteiger partial charge in [-0.3, -0.25) is 5.41 Å². The Morgan fingerprint density at radius 2 is 1.94 bits per heavy atom. The van der Waals surface area contributed by atoms with Crippen molar-refractivity contribution in [2.75, 3.05) is 5.73 Å². The van der Waals surface area contributed by atoms with E-state index in [9.17, 15) is 0 Å². The van der Waals surface area contributed by atoms with Gasteiger partial charge in [0.1, 0.15) is 0 Å². The van der Waals surface area contributed by atoms with E-state index in [0.29, 0.717) is 22.9 Å². The first kappa shape index (κ1) is 15.2. The highest BCUT2D eigenvalue weighted by molar-refractivity contribution is 5.97. The van der Waals surface area contributed by atoms with Crippen LogP contribution in [0.5, 0.6) is 0 Å². The molecule has 1 rings (SSSR count). The van der Waals surface area contributed by atoms with Gasteiger partial charge in [0.05, 0.1) is 6.61 Å². The van der Waals surface area contributed by atoms with Crippen molar-refractivity contribution in [3.05, 3.63) is 29.3 Å². The van der Waals surface area contributed by atoms with E-state index >= 15 is 0 Å². The number of amidine groups is 1. The molecule has 0 aromatic heterocycles. The lowest BCUT2D eigenvalue weighted by atomic mass is 10.1. The molecule has 0 aliphatic heterocycles. The van der Waals surface area contributed by atoms with Gasteiger partial charge in [-0.05, 0) is 29.8 Å². The highest BCUT2D eigenvalue weighted by Crippen LogP contribution is 2.12. The van der Waals surface area contributed by atoms with E-state index in [2.05, 4.69) is 5.11 Å². The fourth-order valence-corrected chi connectivity index (χ4v) is 1.01. The Bertz CT molecular complexity index is 387. The maximum atomic E-state index is 8.84. The fraction of sp³-hybridized carbons (Fsp3) is 0.364. The summed E-state index contributed by atoms with van der Waals surface area (Å²) < 4.78 is 0. The lowest BCUT2D eigenvalue weighted by Gasteiger charge is -2.02. The number of anilines is 1. The molecule has 6 nitrogen and oxygen atoms in total. The minimum absolute atomic E-state index is 0.136. The van der Waals surface area contributed by atoms with E-state index in [1.807, 2.05) is 13.8 Å². The molecule has 1 aromatic rings. The molecule has 0 heterocycles. The van der Waals surface area contributed by atoms with Crippen molar-refractivity contribution in [1.82, 2.24) is 0 Å². The Balaban J connectivity index is 0.000000557. The zero-order valence-corrected chi connectivity index (χ0v) is 10.1. The lowest BCUT2D eigenvalue weighted by molar-refractivity contribution is 0.282. The van der Waals surface area contributed by atoms with Gasteiger partial charge in [0.25, 0.3) is 0 Å². The molecular formula is C11H19N5O. The average molecular weight is 237 g/mol. The summed E-state index contributed by atoms with van der Waals surface area (Å²) in [5.74, 6) is -0.165.